The second-order valence-corrected chi connectivity index (χ2v) is 9.40. The van der Waals surface area contributed by atoms with Gasteiger partial charge in [-0.3, -0.25) is 0 Å². The summed E-state index contributed by atoms with van der Waals surface area (Å²) in [5, 5.41) is 2.48. The van der Waals surface area contributed by atoms with Crippen LogP contribution in [-0.4, -0.2) is 20.3 Å². The van der Waals surface area contributed by atoms with Crippen molar-refractivity contribution in [2.24, 2.45) is 10.4 Å². The van der Waals surface area contributed by atoms with Crippen molar-refractivity contribution in [3.05, 3.63) is 29.8 Å². The first-order valence-electron chi connectivity index (χ1n) is 5.71. The number of nitrogens with two attached hydrogens (primary N) is 2. The van der Waals surface area contributed by atoms with Gasteiger partial charge in [0.15, 0.2) is 8.24 Å². The lowest BCUT2D eigenvalue weighted by atomic mass is 10.2. The number of hydrogen-bond donors (Lipinski definition) is 3. The SMILES string of the molecule is C[Si](C)(C)N=C=O.NC(=O)NCc1ccc(N)cc1. The molecule has 0 fully saturated rings. The molecule has 0 aliphatic heterocycles. The van der Waals surface area contributed by atoms with Crippen LogP contribution in [0.5, 0.6) is 0 Å². The van der Waals surface area contributed by atoms with Crippen LogP contribution in [0.15, 0.2) is 28.9 Å². The van der Waals surface area contributed by atoms with Gasteiger partial charge in [-0.15, -0.1) is 0 Å². The third-order valence-electron chi connectivity index (χ3n) is 1.83. The van der Waals surface area contributed by atoms with E-state index in [0.29, 0.717) is 12.2 Å². The molecule has 0 spiro atoms. The zero-order valence-electron chi connectivity index (χ0n) is 11.4. The molecular weight excluding hydrogens is 260 g/mol. The lowest BCUT2D eigenvalue weighted by molar-refractivity contribution is 0.248. The smallest absolute Gasteiger partial charge is 0.312 e. The Morgan fingerprint density at radius 3 is 2.16 bits per heavy atom. The van der Waals surface area contributed by atoms with Gasteiger partial charge in [0.1, 0.15) is 0 Å². The monoisotopic (exact) mass is 280 g/mol. The number of nitrogens with one attached hydrogen (secondary N) is 1. The Morgan fingerprint density at radius 2 is 1.84 bits per heavy atom. The molecule has 0 atom stereocenters. The molecule has 0 bridgehead atoms. The largest absolute Gasteiger partial charge is 0.399 e. The number of benzene rings is 1. The first-order valence-corrected chi connectivity index (χ1v) is 9.16. The number of carbonyl (C=O) groups is 1. The Bertz CT molecular complexity index is 448. The average molecular weight is 280 g/mol. The maximum Gasteiger partial charge on any atom is 0.312 e. The van der Waals surface area contributed by atoms with Crippen LogP contribution in [0.3, 0.4) is 0 Å². The highest BCUT2D eigenvalue weighted by Gasteiger charge is 2.09. The molecule has 1 aromatic rings. The van der Waals surface area contributed by atoms with E-state index in [1.54, 1.807) is 18.2 Å². The molecule has 6 nitrogen and oxygen atoms in total. The molecule has 2 amide bonds. The first kappa shape index (κ1) is 16.9. The van der Waals surface area contributed by atoms with Gasteiger partial charge >= 0.3 is 6.03 Å². The third-order valence-corrected chi connectivity index (χ3v) is 2.59. The maximum absolute atomic E-state index is 10.3. The van der Waals surface area contributed by atoms with Gasteiger partial charge in [-0.2, -0.15) is 0 Å². The molecule has 0 saturated heterocycles. The molecule has 7 heteroatoms. The standard InChI is InChI=1S/C8H11N3O.C4H9NOSi/c9-7-3-1-6(2-4-7)5-11-8(10)12;1-7(2,3)5-4-6/h1-4H,5,9H2,(H3,10,11,12);1-3H3. The Kier molecular flexibility index (Phi) is 7.17. The summed E-state index contributed by atoms with van der Waals surface area (Å²) in [5.74, 6) is 0. The van der Waals surface area contributed by atoms with Crippen molar-refractivity contribution >= 4 is 26.0 Å². The fourth-order valence-corrected chi connectivity index (χ4v) is 1.24. The van der Waals surface area contributed by atoms with Crippen LogP contribution < -0.4 is 16.8 Å². The molecule has 0 aromatic heterocycles. The van der Waals surface area contributed by atoms with Crippen LogP contribution in [0.25, 0.3) is 0 Å². The van der Waals surface area contributed by atoms with Crippen molar-refractivity contribution < 1.29 is 9.59 Å². The summed E-state index contributed by atoms with van der Waals surface area (Å²) in [5.41, 5.74) is 12.0. The van der Waals surface area contributed by atoms with Crippen LogP contribution >= 0.6 is 0 Å². The third kappa shape index (κ3) is 10.7. The van der Waals surface area contributed by atoms with E-state index in [4.69, 9.17) is 11.5 Å². The normalized spacial score (nSPS) is 9.63. The van der Waals surface area contributed by atoms with E-state index < -0.39 is 14.3 Å². The summed E-state index contributed by atoms with van der Waals surface area (Å²) in [6.07, 6.45) is 1.54. The minimum Gasteiger partial charge on any atom is -0.399 e. The van der Waals surface area contributed by atoms with Crippen molar-refractivity contribution in [1.29, 1.82) is 0 Å². The predicted molar refractivity (Wildman–Crippen MR) is 78.7 cm³/mol. The Hall–Kier alpha value is -2.11. The van der Waals surface area contributed by atoms with Gasteiger partial charge in [-0.1, -0.05) is 12.1 Å². The number of carbonyl (C=O) groups excluding carboxylic acids is 2. The highest BCUT2D eigenvalue weighted by molar-refractivity contribution is 6.74. The maximum atomic E-state index is 10.3. The van der Waals surface area contributed by atoms with E-state index in [-0.39, 0.29) is 0 Å². The molecule has 1 rings (SSSR count). The molecule has 0 heterocycles. The number of rotatable bonds is 3. The molecule has 0 radical (unpaired) electrons. The molecule has 5 N–H and O–H groups in total. The number of nitrogens with zero attached hydrogens (tertiary/aromatic N) is 1. The quantitative estimate of drug-likeness (QED) is 0.338. The zero-order valence-corrected chi connectivity index (χ0v) is 12.4. The number of hydrogen-bond acceptors (Lipinski definition) is 4. The summed E-state index contributed by atoms with van der Waals surface area (Å²) in [6.45, 7) is 6.39. The fraction of sp³-hybridized carbons (Fsp3) is 0.333. The van der Waals surface area contributed by atoms with Crippen LogP contribution in [0.1, 0.15) is 5.56 Å². The van der Waals surface area contributed by atoms with Gasteiger partial charge in [-0.05, 0) is 37.3 Å². The molecular formula is C12H20N4O2Si. The van der Waals surface area contributed by atoms with Gasteiger partial charge in [0, 0.05) is 12.2 Å². The van der Waals surface area contributed by atoms with Crippen molar-refractivity contribution in [1.82, 2.24) is 5.32 Å². The van der Waals surface area contributed by atoms with Crippen LogP contribution in [0, 0.1) is 0 Å². The van der Waals surface area contributed by atoms with E-state index in [1.165, 1.54) is 0 Å². The predicted octanol–water partition coefficient (Wildman–Crippen LogP) is 1.59. The van der Waals surface area contributed by atoms with E-state index in [0.717, 1.165) is 5.56 Å². The van der Waals surface area contributed by atoms with Crippen molar-refractivity contribution in [2.45, 2.75) is 26.2 Å². The average Bonchev–Trinajstić information content (AvgIpc) is 2.27. The molecule has 1 aromatic carbocycles. The van der Waals surface area contributed by atoms with Crippen molar-refractivity contribution in [3.8, 4) is 0 Å². The fourth-order valence-electron chi connectivity index (χ4n) is 0.962. The molecule has 0 aliphatic carbocycles. The topological polar surface area (TPSA) is 111 Å². The van der Waals surface area contributed by atoms with Crippen LogP contribution in [-0.2, 0) is 11.3 Å². The lowest BCUT2D eigenvalue weighted by Gasteiger charge is -2.01. The molecule has 0 saturated carbocycles. The van der Waals surface area contributed by atoms with Crippen LogP contribution in [0.4, 0.5) is 10.5 Å². The highest BCUT2D eigenvalue weighted by atomic mass is 28.3. The zero-order chi connectivity index (χ0) is 14.9. The number of nitrogen functional groups attached to an aromatic ring is 1. The molecule has 0 aliphatic rings. The van der Waals surface area contributed by atoms with Gasteiger partial charge in [0.2, 0.25) is 6.08 Å². The second kappa shape index (κ2) is 8.07. The number of urea groups is 1. The second-order valence-electron chi connectivity index (χ2n) is 4.83. The number of amides is 2. The summed E-state index contributed by atoms with van der Waals surface area (Å²) in [7, 11) is -1.46. The minimum absolute atomic E-state index is 0.440. The lowest BCUT2D eigenvalue weighted by Crippen LogP contribution is -2.28. The summed E-state index contributed by atoms with van der Waals surface area (Å²) in [4.78, 5) is 19.9. The molecule has 0 unspecified atom stereocenters. The Labute approximate surface area is 114 Å². The summed E-state index contributed by atoms with van der Waals surface area (Å²) >= 11 is 0. The number of isocyanates is 1. The summed E-state index contributed by atoms with van der Waals surface area (Å²) < 4.78 is 3.59. The van der Waals surface area contributed by atoms with Gasteiger partial charge in [0.05, 0.1) is 0 Å². The Morgan fingerprint density at radius 1 is 1.32 bits per heavy atom. The first-order chi connectivity index (χ1) is 8.74. The van der Waals surface area contributed by atoms with Crippen molar-refractivity contribution in [2.75, 3.05) is 5.73 Å². The minimum atomic E-state index is -1.46. The van der Waals surface area contributed by atoms with E-state index in [2.05, 4.69) is 9.97 Å². The van der Waals surface area contributed by atoms with E-state index in [1.807, 2.05) is 31.8 Å². The number of anilines is 1. The van der Waals surface area contributed by atoms with E-state index in [9.17, 15) is 9.59 Å². The van der Waals surface area contributed by atoms with Gasteiger partial charge < -0.3 is 16.8 Å². The van der Waals surface area contributed by atoms with Crippen molar-refractivity contribution in [3.63, 3.8) is 0 Å². The van der Waals surface area contributed by atoms with E-state index >= 15 is 0 Å². The highest BCUT2D eigenvalue weighted by Crippen LogP contribution is 2.04. The molecule has 19 heavy (non-hydrogen) atoms. The van der Waals surface area contributed by atoms with Crippen LogP contribution in [0.2, 0.25) is 19.6 Å². The molecule has 104 valence electrons. The summed E-state index contributed by atoms with van der Waals surface area (Å²) in [6, 6.07) is 6.71. The number of primary amides is 1. The van der Waals surface area contributed by atoms with Gasteiger partial charge in [-0.25, -0.2) is 14.2 Å². The Balaban J connectivity index is 0.000000399. The van der Waals surface area contributed by atoms with Gasteiger partial charge in [0.25, 0.3) is 0 Å².